The van der Waals surface area contributed by atoms with E-state index in [4.69, 9.17) is 0 Å². The molecule has 1 aromatic heterocycles. The summed E-state index contributed by atoms with van der Waals surface area (Å²) in [5.41, 5.74) is 4.04. The molecule has 1 aromatic carbocycles. The average molecular weight is 409 g/mol. The van der Waals surface area contributed by atoms with Crippen molar-refractivity contribution in [3.05, 3.63) is 53.6 Å². The summed E-state index contributed by atoms with van der Waals surface area (Å²) in [6.07, 6.45) is 9.15. The van der Waals surface area contributed by atoms with Crippen LogP contribution in [0.2, 0.25) is 0 Å². The molecule has 0 radical (unpaired) electrons. The SMILES string of the molecule is Cn1cncc1C(=O)N[C@H]1CCC2(CCN(CCC(C)(C)C)CC2)c2ccccc21. The number of piperidine rings is 1. The van der Waals surface area contributed by atoms with Crippen LogP contribution in [0.25, 0.3) is 0 Å². The summed E-state index contributed by atoms with van der Waals surface area (Å²) in [6.45, 7) is 10.5. The average Bonchev–Trinajstić information content (AvgIpc) is 3.15. The maximum Gasteiger partial charge on any atom is 0.270 e. The fourth-order valence-electron chi connectivity index (χ4n) is 5.17. The zero-order valence-electron chi connectivity index (χ0n) is 18.9. The van der Waals surface area contributed by atoms with Crippen molar-refractivity contribution in [3.8, 4) is 0 Å². The predicted molar refractivity (Wildman–Crippen MR) is 121 cm³/mol. The van der Waals surface area contributed by atoms with Gasteiger partial charge in [0.05, 0.1) is 18.6 Å². The maximum absolute atomic E-state index is 12.8. The van der Waals surface area contributed by atoms with Gasteiger partial charge in [-0.05, 0) is 73.7 Å². The molecule has 1 fully saturated rings. The first kappa shape index (κ1) is 21.1. The fraction of sp³-hybridized carbons (Fsp3) is 0.600. The highest BCUT2D eigenvalue weighted by Crippen LogP contribution is 2.48. The summed E-state index contributed by atoms with van der Waals surface area (Å²) in [5.74, 6) is -0.0391. The number of amides is 1. The molecule has 30 heavy (non-hydrogen) atoms. The van der Waals surface area contributed by atoms with Crippen LogP contribution in [0.3, 0.4) is 0 Å². The van der Waals surface area contributed by atoms with Gasteiger partial charge in [-0.3, -0.25) is 4.79 Å². The van der Waals surface area contributed by atoms with E-state index < -0.39 is 0 Å². The van der Waals surface area contributed by atoms with Gasteiger partial charge in [0.15, 0.2) is 0 Å². The van der Waals surface area contributed by atoms with E-state index in [0.717, 1.165) is 12.8 Å². The molecule has 1 atom stereocenters. The Labute approximate surface area is 180 Å². The lowest BCUT2D eigenvalue weighted by Crippen LogP contribution is -2.46. The number of imidazole rings is 1. The minimum absolute atomic E-state index is 0.0391. The Bertz CT molecular complexity index is 887. The van der Waals surface area contributed by atoms with E-state index in [1.165, 1.54) is 50.0 Å². The normalized spacial score (nSPS) is 21.4. The number of aromatic nitrogens is 2. The number of carbonyl (C=O) groups excluding carboxylic acids is 1. The first-order chi connectivity index (χ1) is 14.3. The van der Waals surface area contributed by atoms with Crippen molar-refractivity contribution < 1.29 is 4.79 Å². The quantitative estimate of drug-likeness (QED) is 0.813. The number of aryl methyl sites for hydroxylation is 1. The maximum atomic E-state index is 12.8. The molecule has 1 N–H and O–H groups in total. The Morgan fingerprint density at radius 2 is 1.93 bits per heavy atom. The Morgan fingerprint density at radius 1 is 1.20 bits per heavy atom. The zero-order chi connectivity index (χ0) is 21.4. The van der Waals surface area contributed by atoms with E-state index >= 15 is 0 Å². The van der Waals surface area contributed by atoms with Crippen molar-refractivity contribution in [2.75, 3.05) is 19.6 Å². The van der Waals surface area contributed by atoms with Crippen LogP contribution in [-0.2, 0) is 12.5 Å². The second-order valence-corrected chi connectivity index (χ2v) is 10.5. The molecule has 2 aliphatic rings. The number of likely N-dealkylation sites (tertiary alicyclic amines) is 1. The second-order valence-electron chi connectivity index (χ2n) is 10.5. The van der Waals surface area contributed by atoms with Crippen molar-refractivity contribution in [2.45, 2.75) is 64.3 Å². The number of benzene rings is 1. The molecule has 2 heterocycles. The van der Waals surface area contributed by atoms with Crippen molar-refractivity contribution in [2.24, 2.45) is 12.5 Å². The molecule has 0 saturated carbocycles. The van der Waals surface area contributed by atoms with Gasteiger partial charge in [-0.2, -0.15) is 0 Å². The Hall–Kier alpha value is -2.14. The van der Waals surface area contributed by atoms with Gasteiger partial charge in [-0.15, -0.1) is 0 Å². The summed E-state index contributed by atoms with van der Waals surface area (Å²) < 4.78 is 1.78. The van der Waals surface area contributed by atoms with Crippen molar-refractivity contribution in [1.29, 1.82) is 0 Å². The Balaban J connectivity index is 1.47. The smallest absolute Gasteiger partial charge is 0.270 e. The fourth-order valence-corrected chi connectivity index (χ4v) is 5.17. The third-order valence-corrected chi connectivity index (χ3v) is 7.16. The van der Waals surface area contributed by atoms with E-state index in [-0.39, 0.29) is 17.4 Å². The summed E-state index contributed by atoms with van der Waals surface area (Å²) in [7, 11) is 1.86. The van der Waals surface area contributed by atoms with E-state index in [1.807, 2.05) is 7.05 Å². The molecule has 5 heteroatoms. The van der Waals surface area contributed by atoms with E-state index in [1.54, 1.807) is 17.1 Å². The summed E-state index contributed by atoms with van der Waals surface area (Å²) in [5, 5.41) is 3.28. The molecule has 0 bridgehead atoms. The molecule has 4 rings (SSSR count). The summed E-state index contributed by atoms with van der Waals surface area (Å²) in [4.78, 5) is 19.5. The van der Waals surface area contributed by atoms with Gasteiger partial charge in [0.1, 0.15) is 5.69 Å². The van der Waals surface area contributed by atoms with Crippen LogP contribution in [0.1, 0.15) is 80.5 Å². The second kappa shape index (κ2) is 8.18. The van der Waals surface area contributed by atoms with Crippen LogP contribution in [0.4, 0.5) is 0 Å². The zero-order valence-corrected chi connectivity index (χ0v) is 18.9. The molecule has 162 valence electrons. The van der Waals surface area contributed by atoms with Gasteiger partial charge in [0.25, 0.3) is 5.91 Å². The number of nitrogens with one attached hydrogen (secondary N) is 1. The topological polar surface area (TPSA) is 50.2 Å². The van der Waals surface area contributed by atoms with Gasteiger partial charge >= 0.3 is 0 Å². The molecule has 1 spiro atoms. The van der Waals surface area contributed by atoms with Crippen molar-refractivity contribution >= 4 is 5.91 Å². The summed E-state index contributed by atoms with van der Waals surface area (Å²) in [6, 6.07) is 8.88. The van der Waals surface area contributed by atoms with Crippen LogP contribution in [-0.4, -0.2) is 40.0 Å². The van der Waals surface area contributed by atoms with E-state index in [2.05, 4.69) is 60.2 Å². The Morgan fingerprint density at radius 3 is 2.60 bits per heavy atom. The minimum Gasteiger partial charge on any atom is -0.344 e. The molecule has 2 aromatic rings. The van der Waals surface area contributed by atoms with E-state index in [0.29, 0.717) is 11.1 Å². The minimum atomic E-state index is -0.0391. The number of hydrogen-bond acceptors (Lipinski definition) is 3. The third-order valence-electron chi connectivity index (χ3n) is 7.16. The molecular weight excluding hydrogens is 372 g/mol. The Kier molecular flexibility index (Phi) is 5.75. The van der Waals surface area contributed by atoms with Crippen LogP contribution in [0.5, 0.6) is 0 Å². The van der Waals surface area contributed by atoms with Gasteiger partial charge in [0.2, 0.25) is 0 Å². The van der Waals surface area contributed by atoms with Gasteiger partial charge in [-0.25, -0.2) is 4.98 Å². The lowest BCUT2D eigenvalue weighted by atomic mass is 9.63. The van der Waals surface area contributed by atoms with Crippen molar-refractivity contribution in [1.82, 2.24) is 19.8 Å². The standard InChI is InChI=1S/C25H36N4O/c1-24(2,3)11-14-29-15-12-25(13-16-29)10-9-21(19-7-5-6-8-20(19)25)27-23(30)22-17-26-18-28(22)4/h5-8,17-18,21H,9-16H2,1-4H3,(H,27,30)/t21-/m0/s1. The molecule has 1 aliphatic carbocycles. The molecule has 1 aliphatic heterocycles. The van der Waals surface area contributed by atoms with Gasteiger partial charge in [0, 0.05) is 7.05 Å². The number of nitrogens with zero attached hydrogens (tertiary/aromatic N) is 3. The predicted octanol–water partition coefficient (Wildman–Crippen LogP) is 4.45. The lowest BCUT2D eigenvalue weighted by molar-refractivity contribution is 0.0906. The number of fused-ring (bicyclic) bond motifs is 2. The molecule has 5 nitrogen and oxygen atoms in total. The highest BCUT2D eigenvalue weighted by molar-refractivity contribution is 5.92. The third kappa shape index (κ3) is 4.31. The van der Waals surface area contributed by atoms with Crippen LogP contribution >= 0.6 is 0 Å². The highest BCUT2D eigenvalue weighted by atomic mass is 16.2. The number of hydrogen-bond donors (Lipinski definition) is 1. The largest absolute Gasteiger partial charge is 0.344 e. The van der Waals surface area contributed by atoms with Crippen LogP contribution < -0.4 is 5.32 Å². The lowest BCUT2D eigenvalue weighted by Gasteiger charge is -2.47. The molecule has 1 amide bonds. The van der Waals surface area contributed by atoms with Gasteiger partial charge < -0.3 is 14.8 Å². The first-order valence-electron chi connectivity index (χ1n) is 11.4. The monoisotopic (exact) mass is 408 g/mol. The molecule has 1 saturated heterocycles. The van der Waals surface area contributed by atoms with Crippen molar-refractivity contribution in [3.63, 3.8) is 0 Å². The van der Waals surface area contributed by atoms with E-state index in [9.17, 15) is 4.79 Å². The first-order valence-corrected chi connectivity index (χ1v) is 11.4. The van der Waals surface area contributed by atoms with Gasteiger partial charge in [-0.1, -0.05) is 45.0 Å². The molecular formula is C25H36N4O. The number of rotatable bonds is 4. The molecule has 0 unspecified atom stereocenters. The highest BCUT2D eigenvalue weighted by Gasteiger charge is 2.42. The van der Waals surface area contributed by atoms with Crippen LogP contribution in [0, 0.1) is 5.41 Å². The van der Waals surface area contributed by atoms with Crippen LogP contribution in [0.15, 0.2) is 36.8 Å². The summed E-state index contributed by atoms with van der Waals surface area (Å²) >= 11 is 0. The number of carbonyl (C=O) groups is 1.